The Morgan fingerprint density at radius 1 is 1.22 bits per heavy atom. The molecule has 1 atom stereocenters. The van der Waals surface area contributed by atoms with Crippen LogP contribution in [0.25, 0.3) is 0 Å². The molecular weight excluding hydrogens is 324 g/mol. The number of halogens is 3. The molecule has 0 amide bonds. The van der Waals surface area contributed by atoms with Crippen molar-refractivity contribution in [1.82, 2.24) is 0 Å². The number of carbonyl (C=O) groups is 1. The van der Waals surface area contributed by atoms with Crippen molar-refractivity contribution in [3.63, 3.8) is 0 Å². The van der Waals surface area contributed by atoms with E-state index >= 15 is 0 Å². The van der Waals surface area contributed by atoms with Crippen molar-refractivity contribution in [2.75, 3.05) is 25.6 Å². The van der Waals surface area contributed by atoms with Crippen LogP contribution in [0.5, 0.6) is 0 Å². The lowest BCUT2D eigenvalue weighted by atomic mass is 9.90. The summed E-state index contributed by atoms with van der Waals surface area (Å²) in [5.41, 5.74) is -0.366. The molecule has 23 heavy (non-hydrogen) atoms. The second kappa shape index (κ2) is 5.58. The number of epoxide rings is 1. The fourth-order valence-corrected chi connectivity index (χ4v) is 2.68. The molecule has 0 radical (unpaired) electrons. The summed E-state index contributed by atoms with van der Waals surface area (Å²) in [4.78, 5) is 14.7. The van der Waals surface area contributed by atoms with Gasteiger partial charge in [0.15, 0.2) is 5.60 Å². The maximum absolute atomic E-state index is 14.1. The van der Waals surface area contributed by atoms with Gasteiger partial charge in [-0.25, -0.2) is 8.78 Å². The molecule has 0 N–H and O–H groups in total. The van der Waals surface area contributed by atoms with E-state index in [1.807, 2.05) is 19.0 Å². The van der Waals surface area contributed by atoms with Gasteiger partial charge in [-0.05, 0) is 30.3 Å². The summed E-state index contributed by atoms with van der Waals surface area (Å²) in [6.07, 6.45) is 0. The molecule has 0 spiro atoms. The molecule has 3 nitrogen and oxygen atoms in total. The van der Waals surface area contributed by atoms with Crippen molar-refractivity contribution in [3.8, 4) is 0 Å². The van der Waals surface area contributed by atoms with Crippen molar-refractivity contribution >= 4 is 23.1 Å². The van der Waals surface area contributed by atoms with Gasteiger partial charge in [-0.2, -0.15) is 0 Å². The number of carbonyl (C=O) groups excluding carboxylic acids is 1. The van der Waals surface area contributed by atoms with Gasteiger partial charge in [0.05, 0.1) is 11.6 Å². The first-order valence-electron chi connectivity index (χ1n) is 6.96. The Balaban J connectivity index is 2.05. The Kier molecular flexibility index (Phi) is 3.86. The first-order chi connectivity index (χ1) is 10.8. The largest absolute Gasteiger partial charge is 0.378 e. The normalized spacial score (nSPS) is 19.5. The Bertz CT molecular complexity index is 788. The molecule has 6 heteroatoms. The number of benzene rings is 2. The molecule has 1 aliphatic heterocycles. The van der Waals surface area contributed by atoms with Gasteiger partial charge in [0, 0.05) is 37.0 Å². The van der Waals surface area contributed by atoms with Crippen LogP contribution in [0.4, 0.5) is 14.5 Å². The molecule has 1 fully saturated rings. The van der Waals surface area contributed by atoms with Gasteiger partial charge in [-0.3, -0.25) is 4.79 Å². The zero-order chi connectivity index (χ0) is 16.8. The molecule has 1 heterocycles. The third-order valence-corrected chi connectivity index (χ3v) is 4.21. The Morgan fingerprint density at radius 3 is 2.48 bits per heavy atom. The summed E-state index contributed by atoms with van der Waals surface area (Å²) in [5.74, 6) is -1.95. The SMILES string of the molecule is CN(C)c1ccc(Cl)c(C(=O)C2(c3ccc(F)cc3F)CO2)c1. The van der Waals surface area contributed by atoms with Crippen LogP contribution < -0.4 is 4.90 Å². The average Bonchev–Trinajstić information content (AvgIpc) is 3.28. The summed E-state index contributed by atoms with van der Waals surface area (Å²) in [6.45, 7) is 0.0386. The molecule has 0 aromatic heterocycles. The lowest BCUT2D eigenvalue weighted by Gasteiger charge is -2.17. The van der Waals surface area contributed by atoms with Gasteiger partial charge in [0.2, 0.25) is 5.78 Å². The first-order valence-corrected chi connectivity index (χ1v) is 7.34. The summed E-state index contributed by atoms with van der Waals surface area (Å²) in [7, 11) is 3.67. The summed E-state index contributed by atoms with van der Waals surface area (Å²) >= 11 is 6.13. The third kappa shape index (κ3) is 2.71. The first kappa shape index (κ1) is 15.9. The highest BCUT2D eigenvalue weighted by atomic mass is 35.5. The molecule has 1 saturated heterocycles. The van der Waals surface area contributed by atoms with E-state index < -0.39 is 23.0 Å². The van der Waals surface area contributed by atoms with Crippen molar-refractivity contribution in [1.29, 1.82) is 0 Å². The van der Waals surface area contributed by atoms with Gasteiger partial charge in [0.1, 0.15) is 11.6 Å². The lowest BCUT2D eigenvalue weighted by Crippen LogP contribution is -2.24. The Hall–Kier alpha value is -1.98. The minimum atomic E-state index is -1.42. The maximum atomic E-state index is 14.1. The molecule has 2 aromatic rings. The third-order valence-electron chi connectivity index (χ3n) is 3.88. The minimum absolute atomic E-state index is 0.0234. The van der Waals surface area contributed by atoms with Crippen molar-refractivity contribution in [3.05, 3.63) is 64.2 Å². The van der Waals surface area contributed by atoms with Crippen LogP contribution in [0, 0.1) is 11.6 Å². The second-order valence-corrected chi connectivity index (χ2v) is 6.03. The number of Topliss-reactive ketones (excluding diaryl/α,β-unsaturated/α-hetero) is 1. The molecule has 1 aliphatic rings. The van der Waals surface area contributed by atoms with Crippen LogP contribution in [0.15, 0.2) is 36.4 Å². The monoisotopic (exact) mass is 337 g/mol. The predicted molar refractivity (Wildman–Crippen MR) is 84.1 cm³/mol. The predicted octanol–water partition coefficient (Wildman–Crippen LogP) is 3.79. The summed E-state index contributed by atoms with van der Waals surface area (Å²) < 4.78 is 32.4. The number of hydrogen-bond acceptors (Lipinski definition) is 3. The van der Waals surface area contributed by atoms with E-state index in [-0.39, 0.29) is 22.8 Å². The van der Waals surface area contributed by atoms with E-state index in [0.717, 1.165) is 17.8 Å². The number of nitrogens with zero attached hydrogens (tertiary/aromatic N) is 1. The Morgan fingerprint density at radius 2 is 1.91 bits per heavy atom. The molecule has 0 saturated carbocycles. The fraction of sp³-hybridized carbons (Fsp3) is 0.235. The lowest BCUT2D eigenvalue weighted by molar-refractivity contribution is 0.0867. The average molecular weight is 338 g/mol. The smallest absolute Gasteiger partial charge is 0.203 e. The summed E-state index contributed by atoms with van der Waals surface area (Å²) in [6, 6.07) is 8.10. The van der Waals surface area contributed by atoms with Crippen molar-refractivity contribution in [2.45, 2.75) is 5.60 Å². The highest BCUT2D eigenvalue weighted by Crippen LogP contribution is 2.44. The molecule has 0 aliphatic carbocycles. The van der Waals surface area contributed by atoms with E-state index in [1.165, 1.54) is 6.07 Å². The van der Waals surface area contributed by atoms with Crippen LogP contribution >= 0.6 is 11.6 Å². The minimum Gasteiger partial charge on any atom is -0.378 e. The number of rotatable bonds is 4. The Labute approximate surface area is 137 Å². The maximum Gasteiger partial charge on any atom is 0.203 e. The van der Waals surface area contributed by atoms with Crippen molar-refractivity contribution in [2.24, 2.45) is 0 Å². The van der Waals surface area contributed by atoms with Crippen LogP contribution in [0.3, 0.4) is 0 Å². The van der Waals surface area contributed by atoms with Crippen molar-refractivity contribution < 1.29 is 18.3 Å². The van der Waals surface area contributed by atoms with E-state index in [4.69, 9.17) is 16.3 Å². The van der Waals surface area contributed by atoms with Gasteiger partial charge < -0.3 is 9.64 Å². The molecule has 1 unspecified atom stereocenters. The standard InChI is InChI=1S/C17H14ClF2NO2/c1-21(2)11-4-6-14(18)12(8-11)16(22)17(9-23-17)13-5-3-10(19)7-15(13)20/h3-8H,9H2,1-2H3. The molecule has 2 aromatic carbocycles. The van der Waals surface area contributed by atoms with Gasteiger partial charge in [-0.1, -0.05) is 11.6 Å². The molecule has 0 bridgehead atoms. The van der Waals surface area contributed by atoms with E-state index in [0.29, 0.717) is 0 Å². The zero-order valence-corrected chi connectivity index (χ0v) is 13.3. The van der Waals surface area contributed by atoms with E-state index in [1.54, 1.807) is 18.2 Å². The molecule has 120 valence electrons. The van der Waals surface area contributed by atoms with Gasteiger partial charge in [-0.15, -0.1) is 0 Å². The number of hydrogen-bond donors (Lipinski definition) is 0. The van der Waals surface area contributed by atoms with Crippen LogP contribution in [0.2, 0.25) is 5.02 Å². The van der Waals surface area contributed by atoms with Crippen LogP contribution in [-0.2, 0) is 10.3 Å². The van der Waals surface area contributed by atoms with Crippen LogP contribution in [0.1, 0.15) is 15.9 Å². The van der Waals surface area contributed by atoms with Crippen LogP contribution in [-0.4, -0.2) is 26.5 Å². The second-order valence-electron chi connectivity index (χ2n) is 5.63. The topological polar surface area (TPSA) is 32.8 Å². The number of anilines is 1. The fourth-order valence-electron chi connectivity index (χ4n) is 2.48. The highest BCUT2D eigenvalue weighted by molar-refractivity contribution is 6.34. The molecule has 3 rings (SSSR count). The number of ketones is 1. The zero-order valence-electron chi connectivity index (χ0n) is 12.6. The number of ether oxygens (including phenoxy) is 1. The van der Waals surface area contributed by atoms with Gasteiger partial charge in [0.25, 0.3) is 0 Å². The van der Waals surface area contributed by atoms with E-state index in [2.05, 4.69) is 0 Å². The highest BCUT2D eigenvalue weighted by Gasteiger charge is 2.55. The van der Waals surface area contributed by atoms with E-state index in [9.17, 15) is 13.6 Å². The summed E-state index contributed by atoms with van der Waals surface area (Å²) in [5, 5.41) is 0.262. The quantitative estimate of drug-likeness (QED) is 0.628. The molecular formula is C17H14ClF2NO2. The van der Waals surface area contributed by atoms with Gasteiger partial charge >= 0.3 is 0 Å².